The molecule has 2 aromatic heterocycles. The first-order chi connectivity index (χ1) is 10.6. The maximum atomic E-state index is 13.0. The average Bonchev–Trinajstić information content (AvgIpc) is 2.96. The third kappa shape index (κ3) is 3.20. The normalized spacial score (nSPS) is 10.5. The van der Waals surface area contributed by atoms with Gasteiger partial charge in [0.2, 0.25) is 5.88 Å². The summed E-state index contributed by atoms with van der Waals surface area (Å²) >= 11 is 1.47. The van der Waals surface area contributed by atoms with Gasteiger partial charge in [-0.2, -0.15) is 4.98 Å². The fourth-order valence-corrected chi connectivity index (χ4v) is 2.56. The summed E-state index contributed by atoms with van der Waals surface area (Å²) < 4.78 is 18.2. The van der Waals surface area contributed by atoms with Crippen LogP contribution in [0.15, 0.2) is 35.7 Å². The highest BCUT2D eigenvalue weighted by molar-refractivity contribution is 7.13. The van der Waals surface area contributed by atoms with Crippen molar-refractivity contribution in [1.82, 2.24) is 15.0 Å². The number of methoxy groups -OCH3 is 1. The predicted molar refractivity (Wildman–Crippen MR) is 84.1 cm³/mol. The number of hydrogen-bond acceptors (Lipinski definition) is 6. The molecule has 3 aromatic rings. The molecule has 0 atom stereocenters. The second kappa shape index (κ2) is 6.07. The van der Waals surface area contributed by atoms with Crippen LogP contribution in [0.4, 0.5) is 15.9 Å². The summed E-state index contributed by atoms with van der Waals surface area (Å²) in [5, 5.41) is 5.76. The molecule has 0 amide bonds. The van der Waals surface area contributed by atoms with E-state index in [9.17, 15) is 4.39 Å². The number of nitrogens with one attached hydrogen (secondary N) is 1. The van der Waals surface area contributed by atoms with Gasteiger partial charge in [0.15, 0.2) is 10.8 Å². The standard InChI is InChI=1S/C15H13FN4OS/c1-9-8-22-15(17-9)14-19-12(7-13(20-14)21-2)18-11-5-3-10(16)4-6-11/h3-8H,1-2H3,(H,18,19,20). The molecule has 0 aliphatic heterocycles. The Bertz CT molecular complexity index is 788. The highest BCUT2D eigenvalue weighted by Gasteiger charge is 2.10. The number of rotatable bonds is 4. The Balaban J connectivity index is 1.95. The zero-order valence-electron chi connectivity index (χ0n) is 12.0. The third-order valence-corrected chi connectivity index (χ3v) is 3.79. The Morgan fingerprint density at radius 3 is 2.55 bits per heavy atom. The van der Waals surface area contributed by atoms with Gasteiger partial charge in [-0.25, -0.2) is 14.4 Å². The molecule has 5 nitrogen and oxygen atoms in total. The van der Waals surface area contributed by atoms with Crippen LogP contribution in [-0.4, -0.2) is 22.1 Å². The number of halogens is 1. The number of aromatic nitrogens is 3. The number of anilines is 2. The lowest BCUT2D eigenvalue weighted by Gasteiger charge is -2.08. The molecular formula is C15H13FN4OS. The van der Waals surface area contributed by atoms with Crippen molar-refractivity contribution in [3.05, 3.63) is 47.2 Å². The van der Waals surface area contributed by atoms with Gasteiger partial charge in [-0.3, -0.25) is 0 Å². The lowest BCUT2D eigenvalue weighted by Crippen LogP contribution is -1.99. The van der Waals surface area contributed by atoms with Crippen molar-refractivity contribution in [2.45, 2.75) is 6.92 Å². The quantitative estimate of drug-likeness (QED) is 0.793. The van der Waals surface area contributed by atoms with E-state index in [0.717, 1.165) is 16.4 Å². The smallest absolute Gasteiger partial charge is 0.218 e. The van der Waals surface area contributed by atoms with E-state index in [0.29, 0.717) is 17.5 Å². The van der Waals surface area contributed by atoms with Crippen LogP contribution >= 0.6 is 11.3 Å². The van der Waals surface area contributed by atoms with Crippen molar-refractivity contribution >= 4 is 22.8 Å². The minimum Gasteiger partial charge on any atom is -0.481 e. The molecule has 22 heavy (non-hydrogen) atoms. The summed E-state index contributed by atoms with van der Waals surface area (Å²) in [5.41, 5.74) is 1.64. The van der Waals surface area contributed by atoms with Crippen LogP contribution in [0.1, 0.15) is 5.69 Å². The van der Waals surface area contributed by atoms with Gasteiger partial charge in [0, 0.05) is 22.8 Å². The number of nitrogens with zero attached hydrogens (tertiary/aromatic N) is 3. The van der Waals surface area contributed by atoms with E-state index in [-0.39, 0.29) is 5.82 Å². The van der Waals surface area contributed by atoms with Gasteiger partial charge in [0.25, 0.3) is 0 Å². The Hall–Kier alpha value is -2.54. The molecule has 2 heterocycles. The largest absolute Gasteiger partial charge is 0.481 e. The summed E-state index contributed by atoms with van der Waals surface area (Å²) in [7, 11) is 1.54. The molecule has 1 aromatic carbocycles. The van der Waals surface area contributed by atoms with Crippen LogP contribution in [0.5, 0.6) is 5.88 Å². The van der Waals surface area contributed by atoms with Gasteiger partial charge < -0.3 is 10.1 Å². The topological polar surface area (TPSA) is 59.9 Å². The lowest BCUT2D eigenvalue weighted by molar-refractivity contribution is 0.398. The first-order valence-corrected chi connectivity index (χ1v) is 7.40. The zero-order chi connectivity index (χ0) is 15.5. The summed E-state index contributed by atoms with van der Waals surface area (Å²) in [4.78, 5) is 13.1. The van der Waals surface area contributed by atoms with Gasteiger partial charge in [-0.15, -0.1) is 11.3 Å². The van der Waals surface area contributed by atoms with Crippen LogP contribution in [0.25, 0.3) is 10.8 Å². The molecule has 0 saturated heterocycles. The van der Waals surface area contributed by atoms with Crippen molar-refractivity contribution in [3.8, 4) is 16.7 Å². The van der Waals surface area contributed by atoms with E-state index >= 15 is 0 Å². The lowest BCUT2D eigenvalue weighted by atomic mass is 10.3. The second-order valence-electron chi connectivity index (χ2n) is 4.55. The van der Waals surface area contributed by atoms with Crippen LogP contribution in [0.3, 0.4) is 0 Å². The van der Waals surface area contributed by atoms with Crippen LogP contribution in [-0.2, 0) is 0 Å². The first kappa shape index (κ1) is 14.4. The fraction of sp³-hybridized carbons (Fsp3) is 0.133. The molecule has 7 heteroatoms. The Kier molecular flexibility index (Phi) is 3.97. The molecule has 0 saturated carbocycles. The summed E-state index contributed by atoms with van der Waals surface area (Å²) in [6.45, 7) is 1.91. The van der Waals surface area contributed by atoms with Gasteiger partial charge >= 0.3 is 0 Å². The molecule has 0 spiro atoms. The first-order valence-electron chi connectivity index (χ1n) is 6.52. The molecule has 0 aliphatic rings. The summed E-state index contributed by atoms with van der Waals surface area (Å²) in [5.74, 6) is 1.19. The number of ether oxygens (including phenoxy) is 1. The van der Waals surface area contributed by atoms with Crippen molar-refractivity contribution in [2.24, 2.45) is 0 Å². The van der Waals surface area contributed by atoms with Gasteiger partial charge in [0.05, 0.1) is 7.11 Å². The molecular weight excluding hydrogens is 303 g/mol. The SMILES string of the molecule is COc1cc(Nc2ccc(F)cc2)nc(-c2nc(C)cs2)n1. The minimum absolute atomic E-state index is 0.287. The zero-order valence-corrected chi connectivity index (χ0v) is 12.8. The summed E-state index contributed by atoms with van der Waals surface area (Å²) in [6, 6.07) is 7.71. The van der Waals surface area contributed by atoms with E-state index in [1.807, 2.05) is 12.3 Å². The average molecular weight is 316 g/mol. The van der Waals surface area contributed by atoms with E-state index in [2.05, 4.69) is 20.3 Å². The van der Waals surface area contributed by atoms with Crippen LogP contribution < -0.4 is 10.1 Å². The van der Waals surface area contributed by atoms with Crippen LogP contribution in [0.2, 0.25) is 0 Å². The van der Waals surface area contributed by atoms with E-state index in [1.54, 1.807) is 25.3 Å². The molecule has 0 unspecified atom stereocenters. The Morgan fingerprint density at radius 1 is 1.14 bits per heavy atom. The van der Waals surface area contributed by atoms with Crippen molar-refractivity contribution < 1.29 is 9.13 Å². The minimum atomic E-state index is -0.287. The van der Waals surface area contributed by atoms with Gasteiger partial charge in [-0.05, 0) is 31.2 Å². The number of thiazole rings is 1. The van der Waals surface area contributed by atoms with Crippen molar-refractivity contribution in [1.29, 1.82) is 0 Å². The molecule has 0 bridgehead atoms. The fourth-order valence-electron chi connectivity index (χ4n) is 1.83. The van der Waals surface area contributed by atoms with E-state index in [1.165, 1.54) is 23.5 Å². The van der Waals surface area contributed by atoms with Crippen LogP contribution in [0, 0.1) is 12.7 Å². The maximum Gasteiger partial charge on any atom is 0.218 e. The van der Waals surface area contributed by atoms with E-state index < -0.39 is 0 Å². The van der Waals surface area contributed by atoms with Crippen molar-refractivity contribution in [2.75, 3.05) is 12.4 Å². The monoisotopic (exact) mass is 316 g/mol. The molecule has 0 fully saturated rings. The highest BCUT2D eigenvalue weighted by atomic mass is 32.1. The van der Waals surface area contributed by atoms with E-state index in [4.69, 9.17) is 4.74 Å². The molecule has 1 N–H and O–H groups in total. The second-order valence-corrected chi connectivity index (χ2v) is 5.40. The van der Waals surface area contributed by atoms with Crippen molar-refractivity contribution in [3.63, 3.8) is 0 Å². The molecule has 3 rings (SSSR count). The number of hydrogen-bond donors (Lipinski definition) is 1. The van der Waals surface area contributed by atoms with Gasteiger partial charge in [0.1, 0.15) is 11.6 Å². The molecule has 0 aliphatic carbocycles. The maximum absolute atomic E-state index is 13.0. The molecule has 112 valence electrons. The predicted octanol–water partition coefficient (Wildman–Crippen LogP) is 3.80. The van der Waals surface area contributed by atoms with Gasteiger partial charge in [-0.1, -0.05) is 0 Å². The molecule has 0 radical (unpaired) electrons. The highest BCUT2D eigenvalue weighted by Crippen LogP contribution is 2.25. The third-order valence-electron chi connectivity index (χ3n) is 2.84. The Morgan fingerprint density at radius 2 is 1.91 bits per heavy atom. The number of aryl methyl sites for hydroxylation is 1. The summed E-state index contributed by atoms with van der Waals surface area (Å²) in [6.07, 6.45) is 0. The number of benzene rings is 1. The Labute approximate surface area is 130 Å².